The molecule has 17 heavy (non-hydrogen) atoms. The number of nitrogens with one attached hydrogen (secondary N) is 2. The summed E-state index contributed by atoms with van der Waals surface area (Å²) in [6.07, 6.45) is 5.36. The average molecular weight is 237 g/mol. The van der Waals surface area contributed by atoms with Gasteiger partial charge in [-0.3, -0.25) is 0 Å². The monoisotopic (exact) mass is 237 g/mol. The maximum Gasteiger partial charge on any atom is 0.110 e. The smallest absolute Gasteiger partial charge is 0.110 e. The van der Waals surface area contributed by atoms with Gasteiger partial charge in [0.1, 0.15) is 5.82 Å². The van der Waals surface area contributed by atoms with E-state index in [1.807, 2.05) is 13.2 Å². The summed E-state index contributed by atoms with van der Waals surface area (Å²) in [6.45, 7) is 4.95. The molecule has 4 nitrogen and oxygen atoms in total. The van der Waals surface area contributed by atoms with E-state index < -0.39 is 0 Å². The van der Waals surface area contributed by atoms with Gasteiger partial charge in [0.25, 0.3) is 0 Å². The standard InChI is InChI=1S/C13H23N3O/c1-3-10(8-14-2)13-15-9-12(16-13)11-4-6-17-7-5-11/h9-11,14H,3-8H2,1-2H3,(H,15,16). The number of aromatic amines is 1. The van der Waals surface area contributed by atoms with Crippen molar-refractivity contribution in [3.05, 3.63) is 17.7 Å². The molecule has 2 heterocycles. The summed E-state index contributed by atoms with van der Waals surface area (Å²) in [6, 6.07) is 0. The summed E-state index contributed by atoms with van der Waals surface area (Å²) < 4.78 is 5.39. The van der Waals surface area contributed by atoms with Crippen molar-refractivity contribution in [3.63, 3.8) is 0 Å². The fourth-order valence-electron chi connectivity index (χ4n) is 2.46. The van der Waals surface area contributed by atoms with E-state index >= 15 is 0 Å². The van der Waals surface area contributed by atoms with E-state index in [1.165, 1.54) is 5.69 Å². The zero-order valence-corrected chi connectivity index (χ0v) is 10.8. The predicted octanol–water partition coefficient (Wildman–Crippen LogP) is 2.02. The number of hydrogen-bond donors (Lipinski definition) is 2. The van der Waals surface area contributed by atoms with E-state index in [0.717, 1.165) is 44.8 Å². The van der Waals surface area contributed by atoms with Gasteiger partial charge in [0, 0.05) is 43.5 Å². The third kappa shape index (κ3) is 3.07. The summed E-state index contributed by atoms with van der Waals surface area (Å²) in [5.41, 5.74) is 1.29. The molecule has 1 saturated heterocycles. The second kappa shape index (κ2) is 6.17. The van der Waals surface area contributed by atoms with Crippen LogP contribution in [0.5, 0.6) is 0 Å². The number of likely N-dealkylation sites (N-methyl/N-ethyl adjacent to an activating group) is 1. The molecule has 1 fully saturated rings. The van der Waals surface area contributed by atoms with Gasteiger partial charge in [-0.1, -0.05) is 6.92 Å². The second-order valence-corrected chi connectivity index (χ2v) is 4.77. The highest BCUT2D eigenvalue weighted by molar-refractivity contribution is 5.11. The van der Waals surface area contributed by atoms with Crippen molar-refractivity contribution in [2.75, 3.05) is 26.8 Å². The minimum atomic E-state index is 0.494. The summed E-state index contributed by atoms with van der Waals surface area (Å²) in [5, 5.41) is 3.23. The number of H-pyrrole nitrogens is 1. The van der Waals surface area contributed by atoms with Gasteiger partial charge in [0.2, 0.25) is 0 Å². The Hall–Kier alpha value is -0.870. The second-order valence-electron chi connectivity index (χ2n) is 4.77. The van der Waals surface area contributed by atoms with Crippen molar-refractivity contribution in [1.82, 2.24) is 15.3 Å². The van der Waals surface area contributed by atoms with E-state index in [0.29, 0.717) is 11.8 Å². The van der Waals surface area contributed by atoms with Gasteiger partial charge >= 0.3 is 0 Å². The van der Waals surface area contributed by atoms with Crippen LogP contribution >= 0.6 is 0 Å². The number of aromatic nitrogens is 2. The van der Waals surface area contributed by atoms with Crippen molar-refractivity contribution >= 4 is 0 Å². The lowest BCUT2D eigenvalue weighted by atomic mass is 9.97. The van der Waals surface area contributed by atoms with Crippen LogP contribution in [0.2, 0.25) is 0 Å². The zero-order valence-electron chi connectivity index (χ0n) is 10.8. The lowest BCUT2D eigenvalue weighted by Crippen LogP contribution is -2.18. The van der Waals surface area contributed by atoms with Crippen LogP contribution in [0.25, 0.3) is 0 Å². The highest BCUT2D eigenvalue weighted by Gasteiger charge is 2.19. The van der Waals surface area contributed by atoms with E-state index in [4.69, 9.17) is 4.74 Å². The number of imidazole rings is 1. The fourth-order valence-corrected chi connectivity index (χ4v) is 2.46. The molecule has 0 aliphatic carbocycles. The first-order chi connectivity index (χ1) is 8.35. The molecule has 1 unspecified atom stereocenters. The lowest BCUT2D eigenvalue weighted by Gasteiger charge is -2.20. The van der Waals surface area contributed by atoms with Crippen molar-refractivity contribution in [2.45, 2.75) is 38.0 Å². The molecule has 0 aromatic carbocycles. The number of rotatable bonds is 5. The van der Waals surface area contributed by atoms with Crippen LogP contribution in [0.1, 0.15) is 49.5 Å². The van der Waals surface area contributed by atoms with Crippen LogP contribution in [0, 0.1) is 0 Å². The molecule has 4 heteroatoms. The van der Waals surface area contributed by atoms with Crippen LogP contribution in [0.4, 0.5) is 0 Å². The predicted molar refractivity (Wildman–Crippen MR) is 68.3 cm³/mol. The molecule has 1 atom stereocenters. The van der Waals surface area contributed by atoms with Gasteiger partial charge in [-0.15, -0.1) is 0 Å². The van der Waals surface area contributed by atoms with E-state index in [2.05, 4.69) is 22.2 Å². The number of hydrogen-bond acceptors (Lipinski definition) is 3. The van der Waals surface area contributed by atoms with Crippen molar-refractivity contribution < 1.29 is 4.74 Å². The molecule has 2 N–H and O–H groups in total. The largest absolute Gasteiger partial charge is 0.381 e. The molecule has 1 aromatic rings. The Bertz CT molecular complexity index is 312. The molecule has 0 amide bonds. The quantitative estimate of drug-likeness (QED) is 0.823. The van der Waals surface area contributed by atoms with Crippen molar-refractivity contribution in [3.8, 4) is 0 Å². The van der Waals surface area contributed by atoms with Crippen molar-refractivity contribution in [1.29, 1.82) is 0 Å². The molecule has 1 aliphatic rings. The molecular formula is C13H23N3O. The average Bonchev–Trinajstić information content (AvgIpc) is 2.86. The van der Waals surface area contributed by atoms with Gasteiger partial charge in [0.15, 0.2) is 0 Å². The molecule has 0 bridgehead atoms. The molecule has 1 aliphatic heterocycles. The summed E-state index contributed by atoms with van der Waals surface area (Å²) >= 11 is 0. The van der Waals surface area contributed by atoms with Gasteiger partial charge < -0.3 is 15.0 Å². The van der Waals surface area contributed by atoms with Crippen LogP contribution in [0.3, 0.4) is 0 Å². The van der Waals surface area contributed by atoms with Crippen LogP contribution in [-0.4, -0.2) is 36.8 Å². The minimum absolute atomic E-state index is 0.494. The van der Waals surface area contributed by atoms with Gasteiger partial charge in [-0.25, -0.2) is 4.98 Å². The molecule has 0 spiro atoms. The number of ether oxygens (including phenoxy) is 1. The molecular weight excluding hydrogens is 214 g/mol. The lowest BCUT2D eigenvalue weighted by molar-refractivity contribution is 0.0845. The van der Waals surface area contributed by atoms with E-state index in [-0.39, 0.29) is 0 Å². The Morgan fingerprint density at radius 2 is 2.29 bits per heavy atom. The first-order valence-corrected chi connectivity index (χ1v) is 6.62. The fraction of sp³-hybridized carbons (Fsp3) is 0.769. The Morgan fingerprint density at radius 1 is 1.53 bits per heavy atom. The molecule has 2 rings (SSSR count). The van der Waals surface area contributed by atoms with Crippen molar-refractivity contribution in [2.24, 2.45) is 0 Å². The topological polar surface area (TPSA) is 49.9 Å². The molecule has 96 valence electrons. The Balaban J connectivity index is 2.03. The third-order valence-corrected chi connectivity index (χ3v) is 3.61. The van der Waals surface area contributed by atoms with E-state index in [1.54, 1.807) is 0 Å². The SMILES string of the molecule is CCC(CNC)c1ncc(C2CCOCC2)[nH]1. The van der Waals surface area contributed by atoms with Crippen LogP contribution in [-0.2, 0) is 4.74 Å². The summed E-state index contributed by atoms with van der Waals surface area (Å²) in [5.74, 6) is 2.23. The number of nitrogens with zero attached hydrogens (tertiary/aromatic N) is 1. The van der Waals surface area contributed by atoms with E-state index in [9.17, 15) is 0 Å². The van der Waals surface area contributed by atoms with Gasteiger partial charge in [-0.05, 0) is 26.3 Å². The summed E-state index contributed by atoms with van der Waals surface area (Å²) in [7, 11) is 1.99. The van der Waals surface area contributed by atoms with Crippen LogP contribution < -0.4 is 5.32 Å². The maximum atomic E-state index is 5.39. The third-order valence-electron chi connectivity index (χ3n) is 3.61. The Morgan fingerprint density at radius 3 is 2.94 bits per heavy atom. The minimum Gasteiger partial charge on any atom is -0.381 e. The molecule has 0 saturated carbocycles. The van der Waals surface area contributed by atoms with Crippen LogP contribution in [0.15, 0.2) is 6.20 Å². The highest BCUT2D eigenvalue weighted by Crippen LogP contribution is 2.26. The van der Waals surface area contributed by atoms with Gasteiger partial charge in [-0.2, -0.15) is 0 Å². The molecule has 0 radical (unpaired) electrons. The highest BCUT2D eigenvalue weighted by atomic mass is 16.5. The summed E-state index contributed by atoms with van der Waals surface area (Å²) in [4.78, 5) is 8.06. The van der Waals surface area contributed by atoms with Gasteiger partial charge in [0.05, 0.1) is 0 Å². The Kier molecular flexibility index (Phi) is 4.57. The normalized spacial score (nSPS) is 19.4. The first kappa shape index (κ1) is 12.6. The first-order valence-electron chi connectivity index (χ1n) is 6.62. The molecule has 1 aromatic heterocycles. The maximum absolute atomic E-state index is 5.39. The zero-order chi connectivity index (χ0) is 12.1. The Labute approximate surface area is 103 Å².